The van der Waals surface area contributed by atoms with Gasteiger partial charge < -0.3 is 0 Å². The predicted molar refractivity (Wildman–Crippen MR) is 49.7 cm³/mol. The molecule has 0 fully saturated rings. The Morgan fingerprint density at radius 1 is 1.83 bits per heavy atom. The third-order valence-electron chi connectivity index (χ3n) is 1.54. The highest BCUT2D eigenvalue weighted by molar-refractivity contribution is 7.03. The van der Waals surface area contributed by atoms with Gasteiger partial charge in [0.15, 0.2) is 0 Å². The van der Waals surface area contributed by atoms with Crippen LogP contribution in [0.3, 0.4) is 0 Å². The Bertz CT molecular complexity index is 250. The van der Waals surface area contributed by atoms with E-state index in [9.17, 15) is 0 Å². The number of hydrogen-bond acceptors (Lipinski definition) is 4. The SMILES string of the molecule is C#CC(CC)NCc1csnn1. The first-order valence-corrected chi connectivity index (χ1v) is 4.66. The summed E-state index contributed by atoms with van der Waals surface area (Å²) in [6.45, 7) is 2.76. The van der Waals surface area contributed by atoms with Crippen molar-refractivity contribution in [2.24, 2.45) is 0 Å². The maximum Gasteiger partial charge on any atom is 0.0893 e. The van der Waals surface area contributed by atoms with Gasteiger partial charge in [-0.3, -0.25) is 5.32 Å². The van der Waals surface area contributed by atoms with Gasteiger partial charge in [-0.25, -0.2) is 0 Å². The zero-order valence-electron chi connectivity index (χ0n) is 6.95. The molecule has 0 spiro atoms. The van der Waals surface area contributed by atoms with Crippen molar-refractivity contribution in [1.82, 2.24) is 14.9 Å². The molecule has 0 aliphatic heterocycles. The Kier molecular flexibility index (Phi) is 3.71. The minimum Gasteiger partial charge on any atom is -0.298 e. The molecular weight excluding hydrogens is 170 g/mol. The van der Waals surface area contributed by atoms with Crippen LogP contribution < -0.4 is 5.32 Å². The fraction of sp³-hybridized carbons (Fsp3) is 0.500. The lowest BCUT2D eigenvalue weighted by Crippen LogP contribution is -2.26. The van der Waals surface area contributed by atoms with Crippen LogP contribution in [-0.2, 0) is 6.54 Å². The van der Waals surface area contributed by atoms with E-state index in [-0.39, 0.29) is 6.04 Å². The average molecular weight is 181 g/mol. The van der Waals surface area contributed by atoms with Crippen molar-refractivity contribution in [2.75, 3.05) is 0 Å². The van der Waals surface area contributed by atoms with E-state index in [0.29, 0.717) is 6.54 Å². The summed E-state index contributed by atoms with van der Waals surface area (Å²) in [7, 11) is 0. The van der Waals surface area contributed by atoms with Crippen molar-refractivity contribution < 1.29 is 0 Å². The summed E-state index contributed by atoms with van der Waals surface area (Å²) in [5, 5.41) is 9.00. The minimum absolute atomic E-state index is 0.145. The smallest absolute Gasteiger partial charge is 0.0893 e. The number of rotatable bonds is 4. The summed E-state index contributed by atoms with van der Waals surface area (Å²) < 4.78 is 3.75. The summed E-state index contributed by atoms with van der Waals surface area (Å²) in [5.74, 6) is 2.66. The Morgan fingerprint density at radius 2 is 2.67 bits per heavy atom. The molecule has 3 nitrogen and oxygen atoms in total. The zero-order valence-corrected chi connectivity index (χ0v) is 7.77. The van der Waals surface area contributed by atoms with Crippen molar-refractivity contribution in [3.8, 4) is 12.3 Å². The van der Waals surface area contributed by atoms with Gasteiger partial charge in [0.1, 0.15) is 0 Å². The van der Waals surface area contributed by atoms with Crippen molar-refractivity contribution >= 4 is 11.5 Å². The minimum atomic E-state index is 0.145. The highest BCUT2D eigenvalue weighted by Gasteiger charge is 2.01. The third kappa shape index (κ3) is 2.61. The van der Waals surface area contributed by atoms with E-state index in [1.807, 2.05) is 5.38 Å². The Labute approximate surface area is 76.4 Å². The van der Waals surface area contributed by atoms with Gasteiger partial charge in [0.25, 0.3) is 0 Å². The summed E-state index contributed by atoms with van der Waals surface area (Å²) in [5.41, 5.74) is 0.953. The quantitative estimate of drug-likeness (QED) is 0.705. The number of nitrogens with one attached hydrogen (secondary N) is 1. The normalized spacial score (nSPS) is 12.3. The molecule has 1 aromatic rings. The second kappa shape index (κ2) is 4.86. The lowest BCUT2D eigenvalue weighted by molar-refractivity contribution is 0.585. The second-order valence-electron chi connectivity index (χ2n) is 2.40. The molecule has 0 aliphatic rings. The van der Waals surface area contributed by atoms with Gasteiger partial charge >= 0.3 is 0 Å². The topological polar surface area (TPSA) is 37.8 Å². The van der Waals surface area contributed by atoms with Crippen LogP contribution in [0.2, 0.25) is 0 Å². The molecule has 1 atom stereocenters. The lowest BCUT2D eigenvalue weighted by Gasteiger charge is -2.07. The molecule has 0 aliphatic carbocycles. The molecule has 0 saturated carbocycles. The van der Waals surface area contributed by atoms with Crippen LogP contribution in [0.5, 0.6) is 0 Å². The molecule has 64 valence electrons. The van der Waals surface area contributed by atoms with E-state index in [4.69, 9.17) is 6.42 Å². The van der Waals surface area contributed by atoms with Gasteiger partial charge in [-0.1, -0.05) is 17.3 Å². The summed E-state index contributed by atoms with van der Waals surface area (Å²) in [6.07, 6.45) is 6.22. The van der Waals surface area contributed by atoms with Crippen LogP contribution in [0.15, 0.2) is 5.38 Å². The van der Waals surface area contributed by atoms with Crippen molar-refractivity contribution in [3.63, 3.8) is 0 Å². The highest BCUT2D eigenvalue weighted by Crippen LogP contribution is 1.97. The maximum atomic E-state index is 5.28. The van der Waals surface area contributed by atoms with Crippen molar-refractivity contribution in [2.45, 2.75) is 25.9 Å². The molecule has 0 bridgehead atoms. The Morgan fingerprint density at radius 3 is 3.17 bits per heavy atom. The summed E-state index contributed by atoms with van der Waals surface area (Å²) in [6, 6.07) is 0.145. The fourth-order valence-electron chi connectivity index (χ4n) is 0.810. The molecule has 1 heterocycles. The Hall–Kier alpha value is -0.920. The monoisotopic (exact) mass is 181 g/mol. The average Bonchev–Trinajstić information content (AvgIpc) is 2.59. The number of aromatic nitrogens is 2. The van der Waals surface area contributed by atoms with E-state index >= 15 is 0 Å². The van der Waals surface area contributed by atoms with Gasteiger partial charge in [-0.15, -0.1) is 11.5 Å². The summed E-state index contributed by atoms with van der Waals surface area (Å²) in [4.78, 5) is 0. The lowest BCUT2D eigenvalue weighted by atomic mass is 10.2. The first-order valence-electron chi connectivity index (χ1n) is 3.82. The van der Waals surface area contributed by atoms with Gasteiger partial charge in [0.05, 0.1) is 11.7 Å². The van der Waals surface area contributed by atoms with Gasteiger partial charge in [-0.05, 0) is 18.0 Å². The first kappa shape index (κ1) is 9.17. The van der Waals surface area contributed by atoms with Crippen LogP contribution in [-0.4, -0.2) is 15.6 Å². The molecule has 0 aromatic carbocycles. The molecular formula is C8H11N3S. The number of hydrogen-bond donors (Lipinski definition) is 1. The van der Waals surface area contributed by atoms with Gasteiger partial charge in [0, 0.05) is 11.9 Å². The van der Waals surface area contributed by atoms with Crippen LogP contribution >= 0.6 is 11.5 Å². The molecule has 1 unspecified atom stereocenters. The van der Waals surface area contributed by atoms with Gasteiger partial charge in [-0.2, -0.15) is 0 Å². The van der Waals surface area contributed by atoms with E-state index in [1.165, 1.54) is 11.5 Å². The number of terminal acetylenes is 1. The van der Waals surface area contributed by atoms with Crippen molar-refractivity contribution in [1.29, 1.82) is 0 Å². The molecule has 0 amide bonds. The first-order chi connectivity index (χ1) is 5.86. The third-order valence-corrected chi connectivity index (χ3v) is 2.10. The zero-order chi connectivity index (χ0) is 8.81. The summed E-state index contributed by atoms with van der Waals surface area (Å²) >= 11 is 1.35. The predicted octanol–water partition coefficient (Wildman–Crippen LogP) is 1.04. The van der Waals surface area contributed by atoms with E-state index in [2.05, 4.69) is 27.7 Å². The van der Waals surface area contributed by atoms with Crippen LogP contribution in [0, 0.1) is 12.3 Å². The largest absolute Gasteiger partial charge is 0.298 e. The van der Waals surface area contributed by atoms with E-state index in [1.54, 1.807) is 0 Å². The standard InChI is InChI=1S/C8H11N3S/c1-3-7(4-2)9-5-8-6-12-11-10-8/h1,6-7,9H,4-5H2,2H3. The Balaban J connectivity index is 2.31. The maximum absolute atomic E-state index is 5.28. The molecule has 4 heteroatoms. The van der Waals surface area contributed by atoms with Crippen LogP contribution in [0.4, 0.5) is 0 Å². The van der Waals surface area contributed by atoms with Gasteiger partial charge in [0.2, 0.25) is 0 Å². The fourth-order valence-corrected chi connectivity index (χ4v) is 1.26. The molecule has 12 heavy (non-hydrogen) atoms. The molecule has 0 saturated heterocycles. The van der Waals surface area contributed by atoms with E-state index in [0.717, 1.165) is 12.1 Å². The van der Waals surface area contributed by atoms with Crippen LogP contribution in [0.1, 0.15) is 19.0 Å². The second-order valence-corrected chi connectivity index (χ2v) is 3.01. The molecule has 0 radical (unpaired) electrons. The molecule has 1 rings (SSSR count). The van der Waals surface area contributed by atoms with E-state index < -0.39 is 0 Å². The molecule has 1 N–H and O–H groups in total. The highest BCUT2D eigenvalue weighted by atomic mass is 32.1. The van der Waals surface area contributed by atoms with Crippen LogP contribution in [0.25, 0.3) is 0 Å². The molecule has 1 aromatic heterocycles. The number of nitrogens with zero attached hydrogens (tertiary/aromatic N) is 2. The van der Waals surface area contributed by atoms with Crippen molar-refractivity contribution in [3.05, 3.63) is 11.1 Å².